The zero-order valence-corrected chi connectivity index (χ0v) is 17.2. The molecule has 162 valence electrons. The highest BCUT2D eigenvalue weighted by Gasteiger charge is 2.30. The van der Waals surface area contributed by atoms with E-state index in [-0.39, 0.29) is 24.1 Å². The molecule has 31 heavy (non-hydrogen) atoms. The van der Waals surface area contributed by atoms with Crippen LogP contribution < -0.4 is 5.32 Å². The summed E-state index contributed by atoms with van der Waals surface area (Å²) in [6, 6.07) is 1.61. The lowest BCUT2D eigenvalue weighted by molar-refractivity contribution is 0.0595. The summed E-state index contributed by atoms with van der Waals surface area (Å²) >= 11 is 6.06. The first-order valence-electron chi connectivity index (χ1n) is 10.0. The number of hydrogen-bond acceptors (Lipinski definition) is 7. The van der Waals surface area contributed by atoms with Crippen LogP contribution in [0.3, 0.4) is 0 Å². The number of amides is 1. The fourth-order valence-electron chi connectivity index (χ4n) is 3.82. The quantitative estimate of drug-likeness (QED) is 0.633. The molecule has 2 saturated heterocycles. The van der Waals surface area contributed by atoms with Crippen molar-refractivity contribution in [2.24, 2.45) is 0 Å². The number of rotatable bonds is 4. The van der Waals surface area contributed by atoms with E-state index in [1.165, 1.54) is 0 Å². The van der Waals surface area contributed by atoms with Crippen LogP contribution in [0.5, 0.6) is 0 Å². The summed E-state index contributed by atoms with van der Waals surface area (Å²) in [6.45, 7) is 1.97. The number of pyridine rings is 1. The maximum atomic E-state index is 14.4. The van der Waals surface area contributed by atoms with Crippen LogP contribution in [0.1, 0.15) is 12.8 Å². The van der Waals surface area contributed by atoms with Gasteiger partial charge in [-0.05, 0) is 12.5 Å². The van der Waals surface area contributed by atoms with Crippen LogP contribution >= 0.6 is 11.6 Å². The fraction of sp³-hybridized carbons (Fsp3) is 0.400. The van der Waals surface area contributed by atoms with E-state index in [0.29, 0.717) is 61.2 Å². The lowest BCUT2D eigenvalue weighted by Crippen LogP contribution is -2.34. The van der Waals surface area contributed by atoms with Gasteiger partial charge in [0.05, 0.1) is 24.4 Å². The molecule has 5 heterocycles. The van der Waals surface area contributed by atoms with Gasteiger partial charge in [-0.15, -0.1) is 0 Å². The van der Waals surface area contributed by atoms with E-state index in [2.05, 4.69) is 25.3 Å². The van der Waals surface area contributed by atoms with Gasteiger partial charge in [-0.1, -0.05) is 11.6 Å². The first-order chi connectivity index (χ1) is 15.1. The van der Waals surface area contributed by atoms with Crippen LogP contribution in [0.2, 0.25) is 5.02 Å². The molecular formula is C20H20ClFN6O3. The number of carbonyl (C=O) groups excluding carboxylic acids is 1. The number of likely N-dealkylation sites (tertiary alicyclic amines) is 1. The minimum Gasteiger partial charge on any atom is -0.444 e. The van der Waals surface area contributed by atoms with Gasteiger partial charge >= 0.3 is 6.09 Å². The minimum absolute atomic E-state index is 0.0822. The first kappa shape index (κ1) is 20.0. The second kappa shape index (κ2) is 8.27. The lowest BCUT2D eigenvalue weighted by Gasteiger charge is -2.19. The van der Waals surface area contributed by atoms with E-state index in [4.69, 9.17) is 21.1 Å². The van der Waals surface area contributed by atoms with Gasteiger partial charge in [-0.3, -0.25) is 0 Å². The summed E-state index contributed by atoms with van der Waals surface area (Å²) in [5.74, 6) is -0.141. The summed E-state index contributed by atoms with van der Waals surface area (Å²) < 4.78 is 25.1. The predicted molar refractivity (Wildman–Crippen MR) is 111 cm³/mol. The number of aromatic nitrogens is 4. The molecule has 1 unspecified atom stereocenters. The summed E-state index contributed by atoms with van der Waals surface area (Å²) in [4.78, 5) is 29.7. The number of H-pyrrole nitrogens is 1. The zero-order valence-electron chi connectivity index (χ0n) is 16.5. The van der Waals surface area contributed by atoms with Crippen LogP contribution in [-0.4, -0.2) is 69.4 Å². The summed E-state index contributed by atoms with van der Waals surface area (Å²) in [7, 11) is 0. The Labute approximate surface area is 181 Å². The third kappa shape index (κ3) is 4.13. The molecule has 1 amide bonds. The van der Waals surface area contributed by atoms with Crippen molar-refractivity contribution in [1.82, 2.24) is 24.8 Å². The Morgan fingerprint density at radius 1 is 1.35 bits per heavy atom. The van der Waals surface area contributed by atoms with Crippen LogP contribution in [0.25, 0.3) is 22.4 Å². The number of fused-ring (bicyclic) bond motifs is 1. The topological polar surface area (TPSA) is 105 Å². The molecule has 3 aromatic rings. The normalized spacial score (nSPS) is 21.0. The monoisotopic (exact) mass is 446 g/mol. The zero-order chi connectivity index (χ0) is 21.4. The van der Waals surface area contributed by atoms with Gasteiger partial charge in [-0.2, -0.15) is 0 Å². The third-order valence-electron chi connectivity index (χ3n) is 5.43. The smallest absolute Gasteiger partial charge is 0.410 e. The number of nitrogens with zero attached hydrogens (tertiary/aromatic N) is 4. The van der Waals surface area contributed by atoms with Crippen molar-refractivity contribution in [3.8, 4) is 11.4 Å². The largest absolute Gasteiger partial charge is 0.444 e. The molecule has 3 aromatic heterocycles. The molecule has 2 N–H and O–H groups in total. The van der Waals surface area contributed by atoms with E-state index >= 15 is 0 Å². The Morgan fingerprint density at radius 3 is 3.10 bits per heavy atom. The highest BCUT2D eigenvalue weighted by molar-refractivity contribution is 6.31. The molecule has 5 rings (SSSR count). The predicted octanol–water partition coefficient (Wildman–Crippen LogP) is 3.22. The molecule has 0 spiro atoms. The SMILES string of the molecule is O=C(O[C@H]1CCOC1)N1CCC(Nc2nc(-c3c[nH]c4ncc(Cl)cc34)ncc2F)C1. The first-order valence-corrected chi connectivity index (χ1v) is 10.4. The van der Waals surface area contributed by atoms with E-state index in [1.54, 1.807) is 23.4 Å². The third-order valence-corrected chi connectivity index (χ3v) is 5.63. The van der Waals surface area contributed by atoms with Crippen molar-refractivity contribution in [3.63, 3.8) is 0 Å². The number of anilines is 1. The molecule has 9 nitrogen and oxygen atoms in total. The number of halogens is 2. The van der Waals surface area contributed by atoms with Gasteiger partial charge in [0.25, 0.3) is 0 Å². The van der Waals surface area contributed by atoms with Crippen molar-refractivity contribution in [3.05, 3.63) is 35.5 Å². The Bertz CT molecular complexity index is 1120. The minimum atomic E-state index is -0.566. The Hall–Kier alpha value is -2.98. The molecule has 0 aromatic carbocycles. The molecule has 2 aliphatic heterocycles. The number of ether oxygens (including phenoxy) is 2. The number of hydrogen-bond donors (Lipinski definition) is 2. The van der Waals surface area contributed by atoms with Crippen molar-refractivity contribution in [2.75, 3.05) is 31.6 Å². The van der Waals surface area contributed by atoms with Gasteiger partial charge in [0.2, 0.25) is 0 Å². The van der Waals surface area contributed by atoms with E-state index < -0.39 is 5.82 Å². The Balaban J connectivity index is 1.30. The molecule has 11 heteroatoms. The molecule has 2 fully saturated rings. The highest BCUT2D eigenvalue weighted by atomic mass is 35.5. The number of carbonyl (C=O) groups is 1. The van der Waals surface area contributed by atoms with Crippen LogP contribution in [0, 0.1) is 5.82 Å². The summed E-state index contributed by atoms with van der Waals surface area (Å²) in [5.41, 5.74) is 1.31. The number of nitrogens with one attached hydrogen (secondary N) is 2. The van der Waals surface area contributed by atoms with Gasteiger partial charge in [0.1, 0.15) is 11.8 Å². The van der Waals surface area contributed by atoms with E-state index in [0.717, 1.165) is 11.6 Å². The van der Waals surface area contributed by atoms with Gasteiger partial charge in [0, 0.05) is 48.9 Å². The average molecular weight is 447 g/mol. The van der Waals surface area contributed by atoms with Crippen molar-refractivity contribution in [2.45, 2.75) is 25.0 Å². The van der Waals surface area contributed by atoms with Gasteiger partial charge in [0.15, 0.2) is 17.5 Å². The average Bonchev–Trinajstić information content (AvgIpc) is 3.50. The van der Waals surface area contributed by atoms with Crippen LogP contribution in [0.15, 0.2) is 24.7 Å². The number of aromatic amines is 1. The van der Waals surface area contributed by atoms with Crippen LogP contribution in [0.4, 0.5) is 15.0 Å². The molecule has 2 aliphatic rings. The van der Waals surface area contributed by atoms with Crippen LogP contribution in [-0.2, 0) is 9.47 Å². The van der Waals surface area contributed by atoms with Crippen molar-refractivity contribution in [1.29, 1.82) is 0 Å². The molecule has 0 aliphatic carbocycles. The maximum Gasteiger partial charge on any atom is 0.410 e. The Morgan fingerprint density at radius 2 is 2.26 bits per heavy atom. The Kier molecular flexibility index (Phi) is 5.33. The van der Waals surface area contributed by atoms with E-state index in [9.17, 15) is 9.18 Å². The summed E-state index contributed by atoms with van der Waals surface area (Å²) in [5, 5.41) is 4.33. The fourth-order valence-corrected chi connectivity index (χ4v) is 3.98. The van der Waals surface area contributed by atoms with Gasteiger partial charge in [-0.25, -0.2) is 24.1 Å². The maximum absolute atomic E-state index is 14.4. The van der Waals surface area contributed by atoms with Crippen molar-refractivity contribution >= 4 is 34.5 Å². The molecule has 0 radical (unpaired) electrons. The standard InChI is InChI=1S/C20H20ClFN6O3/c21-11-5-14-15(7-24-17(14)23-6-11)18-25-8-16(22)19(27-18)26-12-1-3-28(9-12)20(29)31-13-2-4-30-10-13/h5-8,12-13H,1-4,9-10H2,(H,23,24)(H,25,26,27)/t12?,13-/m0/s1. The molecular weight excluding hydrogens is 427 g/mol. The van der Waals surface area contributed by atoms with Gasteiger partial charge < -0.3 is 24.7 Å². The molecule has 2 atom stereocenters. The van der Waals surface area contributed by atoms with Crippen molar-refractivity contribution < 1.29 is 18.7 Å². The molecule has 0 saturated carbocycles. The molecule has 0 bridgehead atoms. The second-order valence-corrected chi connectivity index (χ2v) is 8.02. The van der Waals surface area contributed by atoms with E-state index in [1.807, 2.05) is 0 Å². The summed E-state index contributed by atoms with van der Waals surface area (Å²) in [6.07, 6.45) is 5.19. The lowest BCUT2D eigenvalue weighted by atomic mass is 10.2. The second-order valence-electron chi connectivity index (χ2n) is 7.59. The highest BCUT2D eigenvalue weighted by Crippen LogP contribution is 2.28.